The third kappa shape index (κ3) is 8.31. The molecule has 0 saturated carbocycles. The summed E-state index contributed by atoms with van der Waals surface area (Å²) in [6.45, 7) is 4.05. The van der Waals surface area contributed by atoms with E-state index in [0.717, 1.165) is 43.1 Å². The number of likely N-dealkylation sites (N-methyl/N-ethyl adjacent to an activating group) is 1. The number of likely N-dealkylation sites (tertiary alicyclic amines) is 1. The summed E-state index contributed by atoms with van der Waals surface area (Å²) in [6, 6.07) is 8.77. The average Bonchev–Trinajstić information content (AvgIpc) is 3.42. The number of ether oxygens (including phenoxy) is 1. The summed E-state index contributed by atoms with van der Waals surface area (Å²) < 4.78 is 45.8. The molecule has 1 unspecified atom stereocenters. The van der Waals surface area contributed by atoms with Crippen LogP contribution >= 0.6 is 0 Å². The third-order valence-corrected chi connectivity index (χ3v) is 7.99. The number of rotatable bonds is 13. The first kappa shape index (κ1) is 31.6. The molecule has 1 saturated heterocycles. The summed E-state index contributed by atoms with van der Waals surface area (Å²) in [5.74, 6) is -4.71. The van der Waals surface area contributed by atoms with Crippen molar-refractivity contribution in [1.82, 2.24) is 20.0 Å². The second-order valence-electron chi connectivity index (χ2n) is 9.27. The molecule has 2 aromatic rings. The zero-order valence-electron chi connectivity index (χ0n) is 23.0. The Balaban J connectivity index is 1.65. The van der Waals surface area contributed by atoms with Crippen LogP contribution in [-0.4, -0.2) is 81.8 Å². The van der Waals surface area contributed by atoms with E-state index in [0.29, 0.717) is 12.1 Å². The lowest BCUT2D eigenvalue weighted by molar-refractivity contribution is -0.180. The number of sulfonamides is 1. The van der Waals surface area contributed by atoms with Gasteiger partial charge in [0.15, 0.2) is 0 Å². The number of nitrogens with zero attached hydrogens (tertiary/aromatic N) is 2. The van der Waals surface area contributed by atoms with E-state index in [1.807, 2.05) is 6.92 Å². The highest BCUT2D eigenvalue weighted by Gasteiger charge is 2.29. The third-order valence-electron chi connectivity index (χ3n) is 6.66. The van der Waals surface area contributed by atoms with Gasteiger partial charge < -0.3 is 10.1 Å². The molecule has 1 aliphatic heterocycles. The molecule has 0 spiro atoms. The van der Waals surface area contributed by atoms with E-state index in [-0.39, 0.29) is 23.9 Å². The molecule has 1 atom stereocenters. The lowest BCUT2D eigenvalue weighted by Gasteiger charge is -2.23. The number of methoxy groups -OCH3 is 1. The highest BCUT2D eigenvalue weighted by molar-refractivity contribution is 7.90. The second kappa shape index (κ2) is 14.1. The largest absolute Gasteiger partial charge is 0.496 e. The minimum absolute atomic E-state index is 0.0677. The van der Waals surface area contributed by atoms with E-state index in [1.165, 1.54) is 44.6 Å². The molecular weight excluding hydrogens is 559 g/mol. The van der Waals surface area contributed by atoms with Crippen molar-refractivity contribution in [3.05, 3.63) is 59.4 Å². The molecule has 3 amide bonds. The van der Waals surface area contributed by atoms with Gasteiger partial charge in [-0.15, -0.1) is 0 Å². The molecule has 2 aromatic carbocycles. The van der Waals surface area contributed by atoms with Crippen LogP contribution in [0.3, 0.4) is 0 Å². The molecule has 2 N–H and O–H groups in total. The minimum Gasteiger partial charge on any atom is -0.496 e. The number of halogens is 1. The summed E-state index contributed by atoms with van der Waals surface area (Å²) in [5, 5.41) is 3.59. The van der Waals surface area contributed by atoms with Crippen molar-refractivity contribution < 1.29 is 41.6 Å². The summed E-state index contributed by atoms with van der Waals surface area (Å²) >= 11 is 0. The van der Waals surface area contributed by atoms with Gasteiger partial charge in [0.25, 0.3) is 21.8 Å². The Morgan fingerprint density at radius 3 is 2.44 bits per heavy atom. The summed E-state index contributed by atoms with van der Waals surface area (Å²) in [6.07, 6.45) is 0.965. The van der Waals surface area contributed by atoms with Crippen molar-refractivity contribution in [2.45, 2.75) is 43.7 Å². The Kier molecular flexibility index (Phi) is 10.9. The quantitative estimate of drug-likeness (QED) is 0.200. The van der Waals surface area contributed by atoms with Crippen LogP contribution in [0.15, 0.2) is 47.4 Å². The van der Waals surface area contributed by atoms with Crippen LogP contribution < -0.4 is 14.8 Å². The average molecular weight is 593 g/mol. The smallest absolute Gasteiger partial charge is 0.301 e. The van der Waals surface area contributed by atoms with Crippen molar-refractivity contribution in [3.8, 4) is 5.75 Å². The highest BCUT2D eigenvalue weighted by atomic mass is 32.2. The number of hydroxylamine groups is 2. The van der Waals surface area contributed by atoms with Crippen molar-refractivity contribution in [2.75, 3.05) is 33.9 Å². The van der Waals surface area contributed by atoms with Crippen LogP contribution in [0.1, 0.15) is 42.1 Å². The normalized spacial score (nSPS) is 15.3. The van der Waals surface area contributed by atoms with Gasteiger partial charge in [0.05, 0.1) is 37.6 Å². The fourth-order valence-electron chi connectivity index (χ4n) is 4.43. The molecule has 3 rings (SSSR count). The molecule has 0 aliphatic carbocycles. The first-order valence-corrected chi connectivity index (χ1v) is 14.4. The van der Waals surface area contributed by atoms with Crippen molar-refractivity contribution in [3.63, 3.8) is 0 Å². The first-order chi connectivity index (χ1) is 19.5. The highest BCUT2D eigenvalue weighted by Crippen LogP contribution is 2.23. The fourth-order valence-corrected chi connectivity index (χ4v) is 5.43. The van der Waals surface area contributed by atoms with Gasteiger partial charge in [0.2, 0.25) is 5.78 Å². The van der Waals surface area contributed by atoms with Gasteiger partial charge in [-0.1, -0.05) is 19.1 Å². The number of ketones is 1. The predicted octanol–water partition coefficient (Wildman–Crippen LogP) is 1.40. The van der Waals surface area contributed by atoms with Crippen LogP contribution in [0.2, 0.25) is 0 Å². The SMILES string of the molecule is CCN1CCCC1CNC(=O)c1cc(S(=O)(=O)NC(=O)C(=O)CC(=O)N(Cc2ccc(F)cc2)OC)ccc1OC. The maximum absolute atomic E-state index is 13.1. The number of hydrogen-bond acceptors (Lipinski definition) is 9. The molecule has 222 valence electrons. The minimum atomic E-state index is -4.60. The summed E-state index contributed by atoms with van der Waals surface area (Å²) in [5.41, 5.74) is 0.424. The van der Waals surface area contributed by atoms with E-state index in [2.05, 4.69) is 10.2 Å². The van der Waals surface area contributed by atoms with Crippen LogP contribution in [0.25, 0.3) is 0 Å². The molecule has 1 aliphatic rings. The summed E-state index contributed by atoms with van der Waals surface area (Å²) in [7, 11) is -2.10. The molecule has 0 bridgehead atoms. The van der Waals surface area contributed by atoms with Gasteiger partial charge in [-0.25, -0.2) is 22.6 Å². The van der Waals surface area contributed by atoms with Gasteiger partial charge >= 0.3 is 5.91 Å². The number of nitrogens with one attached hydrogen (secondary N) is 2. The Morgan fingerprint density at radius 2 is 1.80 bits per heavy atom. The molecule has 0 radical (unpaired) electrons. The molecule has 41 heavy (non-hydrogen) atoms. The maximum Gasteiger partial charge on any atom is 0.301 e. The van der Waals surface area contributed by atoms with Crippen molar-refractivity contribution in [2.24, 2.45) is 0 Å². The van der Waals surface area contributed by atoms with E-state index in [9.17, 15) is 32.0 Å². The standard InChI is InChI=1S/C27H33FN4O8S/c1-4-31-13-5-6-20(31)16-29-26(35)22-14-21(11-12-24(22)39-2)41(37,38)30-27(36)23(33)15-25(34)32(40-3)17-18-7-9-19(28)10-8-18/h7-12,14,20H,4-6,13,15-17H2,1-3H3,(H,29,35)(H,30,36). The topological polar surface area (TPSA) is 151 Å². The molecular formula is C27H33FN4O8S. The second-order valence-corrected chi connectivity index (χ2v) is 11.0. The Morgan fingerprint density at radius 1 is 1.10 bits per heavy atom. The molecule has 1 fully saturated rings. The van der Waals surface area contributed by atoms with Gasteiger partial charge in [0.1, 0.15) is 11.6 Å². The molecule has 14 heteroatoms. The fraction of sp³-hybridized carbons (Fsp3) is 0.407. The number of carbonyl (C=O) groups excluding carboxylic acids is 4. The number of carbonyl (C=O) groups is 4. The number of amides is 3. The first-order valence-electron chi connectivity index (χ1n) is 12.9. The van der Waals surface area contributed by atoms with Gasteiger partial charge in [-0.05, 0) is 61.8 Å². The van der Waals surface area contributed by atoms with Gasteiger partial charge in [0, 0.05) is 12.6 Å². The van der Waals surface area contributed by atoms with Crippen LogP contribution in [0, 0.1) is 5.82 Å². The van der Waals surface area contributed by atoms with Crippen LogP contribution in [0.4, 0.5) is 4.39 Å². The van der Waals surface area contributed by atoms with Crippen molar-refractivity contribution in [1.29, 1.82) is 0 Å². The number of benzene rings is 2. The van der Waals surface area contributed by atoms with Crippen molar-refractivity contribution >= 4 is 33.5 Å². The predicted molar refractivity (Wildman–Crippen MR) is 145 cm³/mol. The lowest BCUT2D eigenvalue weighted by Crippen LogP contribution is -2.40. The Hall–Kier alpha value is -3.88. The van der Waals surface area contributed by atoms with E-state index in [1.54, 1.807) is 4.72 Å². The molecule has 12 nitrogen and oxygen atoms in total. The number of Topliss-reactive ketones (excluding diaryl/α,β-unsaturated/α-hetero) is 1. The van der Waals surface area contributed by atoms with Crippen LogP contribution in [0.5, 0.6) is 5.75 Å². The maximum atomic E-state index is 13.1. The zero-order valence-corrected chi connectivity index (χ0v) is 23.8. The van der Waals surface area contributed by atoms with E-state index in [4.69, 9.17) is 9.57 Å². The Bertz CT molecular complexity index is 1380. The Labute approximate surface area is 237 Å². The van der Waals surface area contributed by atoms with Gasteiger partial charge in [-0.2, -0.15) is 0 Å². The van der Waals surface area contributed by atoms with E-state index >= 15 is 0 Å². The monoisotopic (exact) mass is 592 g/mol. The molecule has 1 heterocycles. The molecule has 0 aromatic heterocycles. The van der Waals surface area contributed by atoms with E-state index < -0.39 is 50.7 Å². The lowest BCUT2D eigenvalue weighted by atomic mass is 10.1. The summed E-state index contributed by atoms with van der Waals surface area (Å²) in [4.78, 5) is 57.0. The van der Waals surface area contributed by atoms with Gasteiger partial charge in [-0.3, -0.25) is 28.9 Å². The van der Waals surface area contributed by atoms with Crippen LogP contribution in [-0.2, 0) is 35.8 Å². The zero-order chi connectivity index (χ0) is 30.2. The number of hydrogen-bond donors (Lipinski definition) is 2.